The Morgan fingerprint density at radius 1 is 1.19 bits per heavy atom. The molecule has 0 aliphatic carbocycles. The molecule has 0 radical (unpaired) electrons. The van der Waals surface area contributed by atoms with E-state index in [1.54, 1.807) is 18.3 Å². The summed E-state index contributed by atoms with van der Waals surface area (Å²) in [5.41, 5.74) is 2.47. The molecule has 2 aromatic rings. The summed E-state index contributed by atoms with van der Waals surface area (Å²) in [5.74, 6) is -2.53. The number of halogens is 3. The molecule has 1 aliphatic heterocycles. The first-order chi connectivity index (χ1) is 12.3. The summed E-state index contributed by atoms with van der Waals surface area (Å²) < 4.78 is 31.7. The predicted molar refractivity (Wildman–Crippen MR) is 87.9 cm³/mol. The van der Waals surface area contributed by atoms with Gasteiger partial charge in [0.25, 0.3) is 0 Å². The van der Waals surface area contributed by atoms with Crippen molar-refractivity contribution in [3.63, 3.8) is 0 Å². The Morgan fingerprint density at radius 2 is 1.81 bits per heavy atom. The lowest BCUT2D eigenvalue weighted by molar-refractivity contribution is -0.192. The Morgan fingerprint density at radius 3 is 2.38 bits per heavy atom. The van der Waals surface area contributed by atoms with Crippen LogP contribution in [0.3, 0.4) is 0 Å². The maximum Gasteiger partial charge on any atom is 0.490 e. The van der Waals surface area contributed by atoms with Crippen LogP contribution in [0.5, 0.6) is 5.75 Å². The van der Waals surface area contributed by atoms with Crippen molar-refractivity contribution in [2.45, 2.75) is 6.18 Å². The van der Waals surface area contributed by atoms with Crippen LogP contribution < -0.4 is 10.2 Å². The second-order valence-corrected chi connectivity index (χ2v) is 5.36. The minimum atomic E-state index is -5.08. The monoisotopic (exact) mass is 370 g/mol. The molecule has 7 nitrogen and oxygen atoms in total. The van der Waals surface area contributed by atoms with E-state index < -0.39 is 12.1 Å². The van der Waals surface area contributed by atoms with Crippen LogP contribution in [0.25, 0.3) is 11.3 Å². The number of piperazine rings is 1. The van der Waals surface area contributed by atoms with Gasteiger partial charge in [0.05, 0.1) is 17.6 Å². The standard InChI is InChI=1S/C14H16N4O.C2HF3O2/c19-14-4-2-1-3-12(14)13-9-11(10-16-17-13)18-7-5-15-6-8-18;3-2(4,5)1(6)7/h1-4,9-10,15,19H,5-8H2;(H,6,7). The third kappa shape index (κ3) is 5.31. The number of carboxylic acids is 1. The van der Waals surface area contributed by atoms with Gasteiger partial charge in [0.2, 0.25) is 0 Å². The van der Waals surface area contributed by atoms with Gasteiger partial charge in [-0.1, -0.05) is 12.1 Å². The van der Waals surface area contributed by atoms with Crippen molar-refractivity contribution in [2.75, 3.05) is 31.1 Å². The number of nitrogens with one attached hydrogen (secondary N) is 1. The van der Waals surface area contributed by atoms with Crippen molar-refractivity contribution in [1.29, 1.82) is 0 Å². The maximum absolute atomic E-state index is 10.6. The maximum atomic E-state index is 10.6. The number of alkyl halides is 3. The van der Waals surface area contributed by atoms with Gasteiger partial charge >= 0.3 is 12.1 Å². The topological polar surface area (TPSA) is 98.6 Å². The van der Waals surface area contributed by atoms with E-state index in [-0.39, 0.29) is 5.75 Å². The molecule has 0 unspecified atom stereocenters. The number of para-hydroxylation sites is 1. The average Bonchev–Trinajstić information content (AvgIpc) is 2.63. The molecule has 0 atom stereocenters. The highest BCUT2D eigenvalue weighted by Crippen LogP contribution is 2.28. The fourth-order valence-electron chi connectivity index (χ4n) is 2.27. The van der Waals surface area contributed by atoms with Crippen LogP contribution in [0.2, 0.25) is 0 Å². The molecule has 26 heavy (non-hydrogen) atoms. The van der Waals surface area contributed by atoms with Crippen LogP contribution in [0.15, 0.2) is 36.5 Å². The fraction of sp³-hybridized carbons (Fsp3) is 0.312. The number of phenolic OH excluding ortho intramolecular Hbond substituents is 1. The smallest absolute Gasteiger partial charge is 0.490 e. The van der Waals surface area contributed by atoms with E-state index in [4.69, 9.17) is 9.90 Å². The molecule has 1 aromatic carbocycles. The number of aromatic hydroxyl groups is 1. The number of carboxylic acid groups (broad SMARTS) is 1. The lowest BCUT2D eigenvalue weighted by Crippen LogP contribution is -2.43. The Labute approximate surface area is 147 Å². The minimum Gasteiger partial charge on any atom is -0.507 e. The van der Waals surface area contributed by atoms with Gasteiger partial charge in [-0.25, -0.2) is 4.79 Å². The van der Waals surface area contributed by atoms with Crippen LogP contribution in [0.1, 0.15) is 0 Å². The van der Waals surface area contributed by atoms with E-state index in [1.807, 2.05) is 18.2 Å². The zero-order chi connectivity index (χ0) is 19.2. The molecule has 1 saturated heterocycles. The number of benzene rings is 1. The number of phenols is 1. The molecule has 1 aromatic heterocycles. The van der Waals surface area contributed by atoms with Crippen molar-refractivity contribution >= 4 is 11.7 Å². The molecule has 3 N–H and O–H groups in total. The highest BCUT2D eigenvalue weighted by Gasteiger charge is 2.38. The number of aliphatic carboxylic acids is 1. The quantitative estimate of drug-likeness (QED) is 0.743. The molecular formula is C16H17F3N4O3. The third-order valence-corrected chi connectivity index (χ3v) is 3.54. The van der Waals surface area contributed by atoms with Crippen molar-refractivity contribution in [1.82, 2.24) is 15.5 Å². The highest BCUT2D eigenvalue weighted by atomic mass is 19.4. The Balaban J connectivity index is 0.000000298. The number of carbonyl (C=O) groups is 1. The Bertz CT molecular complexity index is 750. The third-order valence-electron chi connectivity index (χ3n) is 3.54. The Kier molecular flexibility index (Phi) is 6.34. The molecule has 1 aliphatic rings. The minimum absolute atomic E-state index is 0.231. The normalized spacial score (nSPS) is 14.3. The van der Waals surface area contributed by atoms with E-state index in [2.05, 4.69) is 20.4 Å². The van der Waals surface area contributed by atoms with E-state index in [0.717, 1.165) is 31.9 Å². The Hall–Kier alpha value is -2.88. The molecule has 0 bridgehead atoms. The van der Waals surface area contributed by atoms with Crippen LogP contribution in [-0.4, -0.2) is 58.7 Å². The molecule has 0 spiro atoms. The average molecular weight is 370 g/mol. The van der Waals surface area contributed by atoms with Gasteiger partial charge in [0, 0.05) is 31.7 Å². The summed E-state index contributed by atoms with van der Waals surface area (Å²) in [7, 11) is 0. The van der Waals surface area contributed by atoms with Gasteiger partial charge in [-0.3, -0.25) is 0 Å². The first kappa shape index (κ1) is 19.4. The van der Waals surface area contributed by atoms with Gasteiger partial charge in [-0.2, -0.15) is 23.4 Å². The van der Waals surface area contributed by atoms with E-state index in [9.17, 15) is 18.3 Å². The molecule has 2 heterocycles. The number of nitrogens with zero attached hydrogens (tertiary/aromatic N) is 3. The van der Waals surface area contributed by atoms with Crippen LogP contribution in [-0.2, 0) is 4.79 Å². The van der Waals surface area contributed by atoms with Gasteiger partial charge in [0.15, 0.2) is 0 Å². The number of hydrogen-bond donors (Lipinski definition) is 3. The molecule has 3 rings (SSSR count). The summed E-state index contributed by atoms with van der Waals surface area (Å²) in [5, 5.41) is 28.5. The zero-order valence-corrected chi connectivity index (χ0v) is 13.6. The molecule has 140 valence electrons. The van der Waals surface area contributed by atoms with Gasteiger partial charge in [-0.05, 0) is 18.2 Å². The van der Waals surface area contributed by atoms with Gasteiger partial charge in [-0.15, -0.1) is 0 Å². The number of hydrogen-bond acceptors (Lipinski definition) is 6. The van der Waals surface area contributed by atoms with Crippen LogP contribution in [0, 0.1) is 0 Å². The first-order valence-corrected chi connectivity index (χ1v) is 7.66. The second kappa shape index (κ2) is 8.48. The van der Waals surface area contributed by atoms with E-state index in [0.29, 0.717) is 11.3 Å². The molecular weight excluding hydrogens is 353 g/mol. The molecule has 0 amide bonds. The SMILES string of the molecule is O=C(O)C(F)(F)F.Oc1ccccc1-c1cc(N2CCNCC2)cnn1. The summed E-state index contributed by atoms with van der Waals surface area (Å²) in [6.07, 6.45) is -3.31. The van der Waals surface area contributed by atoms with Gasteiger partial charge < -0.3 is 20.4 Å². The predicted octanol–water partition coefficient (Wildman–Crippen LogP) is 1.89. The second-order valence-electron chi connectivity index (χ2n) is 5.36. The summed E-state index contributed by atoms with van der Waals surface area (Å²) in [4.78, 5) is 11.2. The van der Waals surface area contributed by atoms with Crippen molar-refractivity contribution < 1.29 is 28.2 Å². The largest absolute Gasteiger partial charge is 0.507 e. The van der Waals surface area contributed by atoms with E-state index >= 15 is 0 Å². The van der Waals surface area contributed by atoms with Gasteiger partial charge in [0.1, 0.15) is 5.75 Å². The lowest BCUT2D eigenvalue weighted by Gasteiger charge is -2.29. The van der Waals surface area contributed by atoms with Crippen molar-refractivity contribution in [2.24, 2.45) is 0 Å². The number of anilines is 1. The fourth-order valence-corrected chi connectivity index (χ4v) is 2.27. The zero-order valence-electron chi connectivity index (χ0n) is 13.6. The van der Waals surface area contributed by atoms with Crippen LogP contribution >= 0.6 is 0 Å². The number of rotatable bonds is 2. The molecule has 10 heteroatoms. The van der Waals surface area contributed by atoms with E-state index in [1.165, 1.54) is 0 Å². The molecule has 0 saturated carbocycles. The van der Waals surface area contributed by atoms with Crippen molar-refractivity contribution in [3.05, 3.63) is 36.5 Å². The first-order valence-electron chi connectivity index (χ1n) is 7.66. The number of aromatic nitrogens is 2. The van der Waals surface area contributed by atoms with Crippen LogP contribution in [0.4, 0.5) is 18.9 Å². The lowest BCUT2D eigenvalue weighted by atomic mass is 10.1. The van der Waals surface area contributed by atoms with Crippen molar-refractivity contribution in [3.8, 4) is 17.0 Å². The summed E-state index contributed by atoms with van der Waals surface area (Å²) in [6, 6.07) is 9.17. The highest BCUT2D eigenvalue weighted by molar-refractivity contribution is 5.73. The summed E-state index contributed by atoms with van der Waals surface area (Å²) in [6.45, 7) is 3.89. The summed E-state index contributed by atoms with van der Waals surface area (Å²) >= 11 is 0. The molecule has 1 fully saturated rings.